The predicted molar refractivity (Wildman–Crippen MR) is 62.8 cm³/mol. The van der Waals surface area contributed by atoms with Crippen molar-refractivity contribution in [2.24, 2.45) is 16.7 Å². The van der Waals surface area contributed by atoms with Crippen LogP contribution in [0.4, 0.5) is 5.82 Å². The van der Waals surface area contributed by atoms with Crippen LogP contribution in [0.1, 0.15) is 12.2 Å². The van der Waals surface area contributed by atoms with Crippen molar-refractivity contribution in [3.63, 3.8) is 0 Å². The fourth-order valence-electron chi connectivity index (χ4n) is 0.916. The van der Waals surface area contributed by atoms with E-state index in [1.807, 2.05) is 0 Å². The molecule has 1 rings (SSSR count). The van der Waals surface area contributed by atoms with Gasteiger partial charge >= 0.3 is 0 Å². The van der Waals surface area contributed by atoms with Crippen LogP contribution in [0.3, 0.4) is 0 Å². The van der Waals surface area contributed by atoms with Gasteiger partial charge in [0.05, 0.1) is 0 Å². The monoisotopic (exact) mass is 243 g/mol. The molecule has 0 unspecified atom stereocenters. The third kappa shape index (κ3) is 4.22. The van der Waals surface area contributed by atoms with Crippen LogP contribution in [0.15, 0.2) is 15.7 Å². The van der Waals surface area contributed by atoms with Gasteiger partial charge < -0.3 is 21.4 Å². The Balaban J connectivity index is 2.26. The molecule has 0 saturated carbocycles. The molecule has 1 amide bonds. The second-order valence-corrected chi connectivity index (χ2v) is 4.05. The van der Waals surface area contributed by atoms with Crippen molar-refractivity contribution in [2.75, 3.05) is 11.1 Å². The quantitative estimate of drug-likeness (QED) is 0.301. The highest BCUT2D eigenvalue weighted by Crippen LogP contribution is 2.08. The van der Waals surface area contributed by atoms with E-state index in [0.717, 1.165) is 0 Å². The Morgan fingerprint density at radius 3 is 3.06 bits per heavy atom. The van der Waals surface area contributed by atoms with Crippen LogP contribution < -0.4 is 16.9 Å². The molecule has 0 aromatic carbocycles. The molecule has 0 fully saturated rings. The Labute approximate surface area is 96.6 Å². The molecule has 0 spiro atoms. The molecule has 0 saturated heterocycles. The van der Waals surface area contributed by atoms with Crippen molar-refractivity contribution in [3.05, 3.63) is 11.8 Å². The maximum atomic E-state index is 11.4. The standard InChI is InChI=1S/C8H13N5O2S/c1-5-4-6(13-15-5)11-7(14)2-3-16-8(9)12-10/h4H,2-3,10H2,1H3,(H2,9,12)(H,11,13,14). The van der Waals surface area contributed by atoms with E-state index in [4.69, 9.17) is 16.1 Å². The molecule has 0 aliphatic rings. The summed E-state index contributed by atoms with van der Waals surface area (Å²) in [5.41, 5.74) is 5.34. The van der Waals surface area contributed by atoms with Crippen molar-refractivity contribution in [1.29, 1.82) is 0 Å². The number of amides is 1. The molecular weight excluding hydrogens is 230 g/mol. The molecule has 0 atom stereocenters. The Kier molecular flexibility index (Phi) is 4.65. The Hall–Kier alpha value is -1.70. The number of hydrogen-bond acceptors (Lipinski definition) is 6. The zero-order chi connectivity index (χ0) is 12.0. The molecule has 16 heavy (non-hydrogen) atoms. The predicted octanol–water partition coefficient (Wildman–Crippen LogP) is 0.233. The lowest BCUT2D eigenvalue weighted by Gasteiger charge is -2.00. The fourth-order valence-corrected chi connectivity index (χ4v) is 1.49. The van der Waals surface area contributed by atoms with Gasteiger partial charge in [0, 0.05) is 18.2 Å². The van der Waals surface area contributed by atoms with Crippen LogP contribution in [0.5, 0.6) is 0 Å². The largest absolute Gasteiger partial charge is 0.377 e. The summed E-state index contributed by atoms with van der Waals surface area (Å²) >= 11 is 1.22. The summed E-state index contributed by atoms with van der Waals surface area (Å²) in [7, 11) is 0. The van der Waals surface area contributed by atoms with Crippen molar-refractivity contribution < 1.29 is 9.32 Å². The van der Waals surface area contributed by atoms with Gasteiger partial charge in [0.15, 0.2) is 11.0 Å². The minimum atomic E-state index is -0.161. The summed E-state index contributed by atoms with van der Waals surface area (Å²) in [5.74, 6) is 6.33. The molecule has 0 aliphatic heterocycles. The number of nitrogens with two attached hydrogens (primary N) is 2. The maximum Gasteiger partial charge on any atom is 0.226 e. The Bertz CT molecular complexity index is 390. The SMILES string of the molecule is Cc1cc(NC(=O)CCSC(N)=NN)no1. The first-order valence-electron chi connectivity index (χ1n) is 4.51. The number of amidine groups is 1. The number of rotatable bonds is 4. The minimum Gasteiger partial charge on any atom is -0.377 e. The number of nitrogens with one attached hydrogen (secondary N) is 1. The molecule has 5 N–H and O–H groups in total. The molecule has 8 heteroatoms. The first-order chi connectivity index (χ1) is 7.61. The lowest BCUT2D eigenvalue weighted by molar-refractivity contribution is -0.115. The van der Waals surface area contributed by atoms with E-state index in [-0.39, 0.29) is 11.1 Å². The molecule has 0 radical (unpaired) electrons. The summed E-state index contributed by atoms with van der Waals surface area (Å²) in [4.78, 5) is 11.4. The highest BCUT2D eigenvalue weighted by Gasteiger charge is 2.06. The zero-order valence-corrected chi connectivity index (χ0v) is 9.58. The molecule has 1 aromatic rings. The van der Waals surface area contributed by atoms with Crippen LogP contribution >= 0.6 is 11.8 Å². The second-order valence-electron chi connectivity index (χ2n) is 2.94. The van der Waals surface area contributed by atoms with Gasteiger partial charge in [-0.05, 0) is 6.92 Å². The van der Waals surface area contributed by atoms with Gasteiger partial charge in [0.2, 0.25) is 5.91 Å². The van der Waals surface area contributed by atoms with Crippen molar-refractivity contribution in [1.82, 2.24) is 5.16 Å². The number of carbonyl (C=O) groups is 1. The number of carbonyl (C=O) groups excluding carboxylic acids is 1. The van der Waals surface area contributed by atoms with Crippen LogP contribution in [-0.2, 0) is 4.79 Å². The average Bonchev–Trinajstić information content (AvgIpc) is 2.63. The average molecular weight is 243 g/mol. The Morgan fingerprint density at radius 1 is 1.75 bits per heavy atom. The number of aryl methyl sites for hydroxylation is 1. The lowest BCUT2D eigenvalue weighted by atomic mass is 10.4. The van der Waals surface area contributed by atoms with Crippen molar-refractivity contribution >= 4 is 28.7 Å². The van der Waals surface area contributed by atoms with Gasteiger partial charge in [-0.15, -0.1) is 0 Å². The van der Waals surface area contributed by atoms with Gasteiger partial charge in [-0.2, -0.15) is 5.10 Å². The smallest absolute Gasteiger partial charge is 0.226 e. The minimum absolute atomic E-state index is 0.161. The second kappa shape index (κ2) is 6.01. The number of hydrogen-bond donors (Lipinski definition) is 3. The maximum absolute atomic E-state index is 11.4. The molecule has 1 heterocycles. The number of anilines is 1. The van der Waals surface area contributed by atoms with E-state index in [0.29, 0.717) is 23.8 Å². The van der Waals surface area contributed by atoms with E-state index in [1.54, 1.807) is 13.0 Å². The number of aromatic nitrogens is 1. The van der Waals surface area contributed by atoms with Gasteiger partial charge in [-0.1, -0.05) is 16.9 Å². The fraction of sp³-hybridized carbons (Fsp3) is 0.375. The number of thioether (sulfide) groups is 1. The van der Waals surface area contributed by atoms with Crippen molar-refractivity contribution in [3.8, 4) is 0 Å². The topological polar surface area (TPSA) is 120 Å². The van der Waals surface area contributed by atoms with Gasteiger partial charge in [-0.25, -0.2) is 0 Å². The third-order valence-corrected chi connectivity index (χ3v) is 2.41. The molecule has 0 aliphatic carbocycles. The highest BCUT2D eigenvalue weighted by atomic mass is 32.2. The highest BCUT2D eigenvalue weighted by molar-refractivity contribution is 8.13. The van der Waals surface area contributed by atoms with Gasteiger partial charge in [0.25, 0.3) is 0 Å². The van der Waals surface area contributed by atoms with Crippen LogP contribution in [0.2, 0.25) is 0 Å². The summed E-state index contributed by atoms with van der Waals surface area (Å²) < 4.78 is 4.80. The first kappa shape index (κ1) is 12.4. The van der Waals surface area contributed by atoms with Gasteiger partial charge in [0.1, 0.15) is 5.76 Å². The van der Waals surface area contributed by atoms with Crippen molar-refractivity contribution in [2.45, 2.75) is 13.3 Å². The summed E-state index contributed by atoms with van der Waals surface area (Å²) in [5, 5.41) is 9.74. The zero-order valence-electron chi connectivity index (χ0n) is 8.77. The normalized spacial score (nSPS) is 11.4. The summed E-state index contributed by atoms with van der Waals surface area (Å²) in [6.07, 6.45) is 0.298. The summed E-state index contributed by atoms with van der Waals surface area (Å²) in [6, 6.07) is 1.64. The van der Waals surface area contributed by atoms with Crippen LogP contribution in [0.25, 0.3) is 0 Å². The number of nitrogens with zero attached hydrogens (tertiary/aromatic N) is 2. The first-order valence-corrected chi connectivity index (χ1v) is 5.49. The van der Waals surface area contributed by atoms with E-state index in [2.05, 4.69) is 15.6 Å². The Morgan fingerprint density at radius 2 is 2.50 bits per heavy atom. The molecule has 0 bridgehead atoms. The van der Waals surface area contributed by atoms with E-state index >= 15 is 0 Å². The molecule has 7 nitrogen and oxygen atoms in total. The van der Waals surface area contributed by atoms with E-state index in [1.165, 1.54) is 11.8 Å². The molecular formula is C8H13N5O2S. The van der Waals surface area contributed by atoms with Crippen LogP contribution in [-0.4, -0.2) is 22.0 Å². The molecule has 1 aromatic heterocycles. The lowest BCUT2D eigenvalue weighted by Crippen LogP contribution is -2.15. The third-order valence-electron chi connectivity index (χ3n) is 1.60. The summed E-state index contributed by atoms with van der Waals surface area (Å²) in [6.45, 7) is 1.75. The molecule has 88 valence electrons. The van der Waals surface area contributed by atoms with Crippen LogP contribution in [0, 0.1) is 6.92 Å². The number of hydrazone groups is 1. The van der Waals surface area contributed by atoms with E-state index in [9.17, 15) is 4.79 Å². The van der Waals surface area contributed by atoms with Gasteiger partial charge in [-0.3, -0.25) is 4.79 Å². The van der Waals surface area contributed by atoms with E-state index < -0.39 is 0 Å².